The number of carboxylic acid groups (broad SMARTS) is 1. The van der Waals surface area contributed by atoms with Crippen LogP contribution < -0.4 is 10.6 Å². The molecule has 3 N–H and O–H groups in total. The normalized spacial score (nSPS) is 14.2. The van der Waals surface area contributed by atoms with E-state index in [1.807, 2.05) is 6.07 Å². The van der Waals surface area contributed by atoms with E-state index in [2.05, 4.69) is 4.98 Å². The number of anilines is 1. The number of hydrogen-bond acceptors (Lipinski definition) is 5. The summed E-state index contributed by atoms with van der Waals surface area (Å²) < 4.78 is 65.0. The average Bonchev–Trinajstić information content (AvgIpc) is 2.70. The minimum absolute atomic E-state index is 0.253. The number of alkyl halides is 3. The maximum atomic E-state index is 14.1. The molecule has 0 amide bonds. The zero-order chi connectivity index (χ0) is 21.6. The summed E-state index contributed by atoms with van der Waals surface area (Å²) in [6.45, 7) is 2.49. The molecule has 0 atom stereocenters. The third kappa shape index (κ3) is 6.09. The first-order chi connectivity index (χ1) is 13.6. The molecule has 2 aromatic rings. The minimum Gasteiger partial charge on any atom is -0.475 e. The lowest BCUT2D eigenvalue weighted by atomic mass is 10.1. The number of carbonyl (C=O) groups is 1. The molecule has 158 valence electrons. The summed E-state index contributed by atoms with van der Waals surface area (Å²) in [6.07, 6.45) is -3.44. The Morgan fingerprint density at radius 3 is 2.31 bits per heavy atom. The highest BCUT2D eigenvalue weighted by molar-refractivity contribution is 5.73. The Kier molecular flexibility index (Phi) is 7.46. The Hall–Kier alpha value is -2.79. The molecule has 1 aromatic heterocycles. The molecule has 0 bridgehead atoms. The zero-order valence-corrected chi connectivity index (χ0v) is 15.0. The predicted molar refractivity (Wildman–Crippen MR) is 94.2 cm³/mol. The number of aliphatic carboxylic acids is 1. The predicted octanol–water partition coefficient (Wildman–Crippen LogP) is 2.96. The van der Waals surface area contributed by atoms with E-state index in [9.17, 15) is 22.0 Å². The smallest absolute Gasteiger partial charge is 0.475 e. The van der Waals surface area contributed by atoms with Crippen LogP contribution in [0, 0.1) is 11.6 Å². The van der Waals surface area contributed by atoms with E-state index in [0.29, 0.717) is 44.1 Å². The first-order valence-corrected chi connectivity index (χ1v) is 8.40. The molecule has 0 aliphatic carbocycles. The van der Waals surface area contributed by atoms with Gasteiger partial charge in [-0.05, 0) is 23.8 Å². The van der Waals surface area contributed by atoms with Gasteiger partial charge in [0.25, 0.3) is 0 Å². The lowest BCUT2D eigenvalue weighted by Gasteiger charge is -2.29. The number of pyridine rings is 1. The molecule has 1 fully saturated rings. The van der Waals surface area contributed by atoms with Crippen LogP contribution in [0.5, 0.6) is 0 Å². The SMILES string of the molecule is NCc1ccc(-c2cc(F)c(F)c(N3CCOCC3)c2)nc1.O=C(O)C(F)(F)F. The Labute approximate surface area is 162 Å². The summed E-state index contributed by atoms with van der Waals surface area (Å²) >= 11 is 0. The highest BCUT2D eigenvalue weighted by Gasteiger charge is 2.38. The van der Waals surface area contributed by atoms with Crippen LogP contribution in [-0.4, -0.2) is 48.5 Å². The fraction of sp³-hybridized carbons (Fsp3) is 0.333. The lowest BCUT2D eigenvalue weighted by Crippen LogP contribution is -2.36. The second-order valence-corrected chi connectivity index (χ2v) is 5.95. The maximum Gasteiger partial charge on any atom is 0.490 e. The van der Waals surface area contributed by atoms with Crippen LogP contribution in [-0.2, 0) is 16.1 Å². The van der Waals surface area contributed by atoms with Crippen LogP contribution in [0.25, 0.3) is 11.3 Å². The van der Waals surface area contributed by atoms with E-state index in [1.165, 1.54) is 6.07 Å². The summed E-state index contributed by atoms with van der Waals surface area (Å²) in [6, 6.07) is 6.40. The van der Waals surface area contributed by atoms with Crippen molar-refractivity contribution in [2.24, 2.45) is 5.73 Å². The number of rotatable bonds is 3. The highest BCUT2D eigenvalue weighted by atomic mass is 19.4. The van der Waals surface area contributed by atoms with E-state index in [0.717, 1.165) is 5.56 Å². The third-order valence-corrected chi connectivity index (χ3v) is 3.96. The molecule has 0 spiro atoms. The van der Waals surface area contributed by atoms with Gasteiger partial charge in [0, 0.05) is 31.4 Å². The first-order valence-electron chi connectivity index (χ1n) is 8.40. The van der Waals surface area contributed by atoms with Crippen LogP contribution in [0.1, 0.15) is 5.56 Å². The summed E-state index contributed by atoms with van der Waals surface area (Å²) in [5.41, 5.74) is 7.81. The second kappa shape index (κ2) is 9.61. The van der Waals surface area contributed by atoms with Crippen LogP contribution in [0.2, 0.25) is 0 Å². The van der Waals surface area contributed by atoms with Gasteiger partial charge in [0.2, 0.25) is 0 Å². The van der Waals surface area contributed by atoms with E-state index >= 15 is 0 Å². The van der Waals surface area contributed by atoms with Gasteiger partial charge in [-0.2, -0.15) is 13.2 Å². The molecule has 1 aromatic carbocycles. The monoisotopic (exact) mass is 419 g/mol. The molecule has 0 radical (unpaired) electrons. The number of hydrogen-bond donors (Lipinski definition) is 2. The van der Waals surface area contributed by atoms with Crippen LogP contribution in [0.15, 0.2) is 30.5 Å². The van der Waals surface area contributed by atoms with Crippen molar-refractivity contribution in [2.45, 2.75) is 12.7 Å². The molecular formula is C18H18F5N3O3. The summed E-state index contributed by atoms with van der Waals surface area (Å²) in [5.74, 6) is -4.46. The van der Waals surface area contributed by atoms with Crippen molar-refractivity contribution in [3.63, 3.8) is 0 Å². The number of aromatic nitrogens is 1. The Morgan fingerprint density at radius 2 is 1.83 bits per heavy atom. The molecule has 11 heteroatoms. The van der Waals surface area contributed by atoms with E-state index in [4.69, 9.17) is 20.4 Å². The lowest BCUT2D eigenvalue weighted by molar-refractivity contribution is -0.192. The Bertz CT molecular complexity index is 838. The maximum absolute atomic E-state index is 14.1. The standard InChI is InChI=1S/C16H17F2N3O.C2HF3O2/c17-13-7-12(14-2-1-11(9-19)10-20-14)8-15(16(13)18)21-3-5-22-6-4-21;3-2(4,5)1(6)7/h1-2,7-8,10H,3-6,9,19H2;(H,6,7). The number of carboxylic acids is 1. The molecule has 1 aliphatic rings. The number of ether oxygens (including phenoxy) is 1. The van der Waals surface area contributed by atoms with Gasteiger partial charge in [-0.15, -0.1) is 0 Å². The first kappa shape index (κ1) is 22.5. The molecule has 2 heterocycles. The van der Waals surface area contributed by atoms with Gasteiger partial charge in [0.05, 0.1) is 24.6 Å². The fourth-order valence-corrected chi connectivity index (χ4v) is 2.47. The molecule has 1 saturated heterocycles. The van der Waals surface area contributed by atoms with Crippen molar-refractivity contribution in [2.75, 3.05) is 31.2 Å². The zero-order valence-electron chi connectivity index (χ0n) is 15.0. The van der Waals surface area contributed by atoms with Crippen molar-refractivity contribution < 1.29 is 36.6 Å². The summed E-state index contributed by atoms with van der Waals surface area (Å²) in [5, 5.41) is 7.12. The van der Waals surface area contributed by atoms with Gasteiger partial charge in [-0.3, -0.25) is 4.98 Å². The van der Waals surface area contributed by atoms with Gasteiger partial charge >= 0.3 is 12.1 Å². The van der Waals surface area contributed by atoms with Crippen molar-refractivity contribution >= 4 is 11.7 Å². The van der Waals surface area contributed by atoms with Crippen molar-refractivity contribution in [3.8, 4) is 11.3 Å². The van der Waals surface area contributed by atoms with Crippen molar-refractivity contribution in [1.82, 2.24) is 4.98 Å². The van der Waals surface area contributed by atoms with Crippen molar-refractivity contribution in [3.05, 3.63) is 47.7 Å². The number of nitrogens with zero attached hydrogens (tertiary/aromatic N) is 2. The van der Waals surface area contributed by atoms with Crippen LogP contribution in [0.4, 0.5) is 27.6 Å². The van der Waals surface area contributed by atoms with Gasteiger partial charge in [0.15, 0.2) is 11.6 Å². The molecular weight excluding hydrogens is 401 g/mol. The van der Waals surface area contributed by atoms with E-state index in [1.54, 1.807) is 23.2 Å². The van der Waals surface area contributed by atoms with Gasteiger partial charge in [-0.25, -0.2) is 13.6 Å². The number of morpholine rings is 1. The van der Waals surface area contributed by atoms with Crippen LogP contribution in [0.3, 0.4) is 0 Å². The highest BCUT2D eigenvalue weighted by Crippen LogP contribution is 2.29. The topological polar surface area (TPSA) is 88.7 Å². The fourth-order valence-electron chi connectivity index (χ4n) is 2.47. The molecule has 6 nitrogen and oxygen atoms in total. The molecule has 0 unspecified atom stereocenters. The second-order valence-electron chi connectivity index (χ2n) is 5.95. The number of halogens is 5. The van der Waals surface area contributed by atoms with Gasteiger partial charge in [-0.1, -0.05) is 6.07 Å². The molecule has 0 saturated carbocycles. The van der Waals surface area contributed by atoms with Crippen LogP contribution >= 0.6 is 0 Å². The van der Waals surface area contributed by atoms with Crippen molar-refractivity contribution in [1.29, 1.82) is 0 Å². The summed E-state index contributed by atoms with van der Waals surface area (Å²) in [7, 11) is 0. The number of nitrogens with two attached hydrogens (primary N) is 1. The average molecular weight is 419 g/mol. The minimum atomic E-state index is -5.08. The van der Waals surface area contributed by atoms with Gasteiger partial charge < -0.3 is 20.5 Å². The number of benzene rings is 1. The quantitative estimate of drug-likeness (QED) is 0.744. The molecule has 1 aliphatic heterocycles. The Morgan fingerprint density at radius 1 is 1.21 bits per heavy atom. The van der Waals surface area contributed by atoms with E-state index < -0.39 is 23.8 Å². The molecule has 3 rings (SSSR count). The summed E-state index contributed by atoms with van der Waals surface area (Å²) in [4.78, 5) is 15.0. The van der Waals surface area contributed by atoms with Gasteiger partial charge in [0.1, 0.15) is 0 Å². The third-order valence-electron chi connectivity index (χ3n) is 3.96. The Balaban J connectivity index is 0.000000370. The van der Waals surface area contributed by atoms with E-state index in [-0.39, 0.29) is 5.69 Å². The largest absolute Gasteiger partial charge is 0.490 e. The molecule has 29 heavy (non-hydrogen) atoms.